The van der Waals surface area contributed by atoms with Gasteiger partial charge in [0.2, 0.25) is 5.95 Å². The first-order chi connectivity index (χ1) is 8.49. The van der Waals surface area contributed by atoms with E-state index < -0.39 is 5.95 Å². The maximum atomic E-state index is 13.1. The lowest BCUT2D eigenvalue weighted by atomic mass is 10.1. The topological polar surface area (TPSA) is 29.0 Å². The Morgan fingerprint density at radius 1 is 1.06 bits per heavy atom. The van der Waals surface area contributed by atoms with Crippen molar-refractivity contribution < 1.29 is 4.39 Å². The van der Waals surface area contributed by atoms with Gasteiger partial charge in [0, 0.05) is 19.2 Å². The molecule has 102 valence electrons. The lowest BCUT2D eigenvalue weighted by molar-refractivity contribution is 0.529. The zero-order valence-corrected chi connectivity index (χ0v) is 11.9. The molecule has 1 heterocycles. The maximum Gasteiger partial charge on any atom is 0.218 e. The highest BCUT2D eigenvalue weighted by Crippen LogP contribution is 2.15. The first-order valence-corrected chi connectivity index (χ1v) is 6.71. The molecule has 0 bridgehead atoms. The van der Waals surface area contributed by atoms with Crippen LogP contribution in [0.4, 0.5) is 10.2 Å². The van der Waals surface area contributed by atoms with Crippen molar-refractivity contribution in [3.63, 3.8) is 0 Å². The van der Waals surface area contributed by atoms with Gasteiger partial charge in [0.25, 0.3) is 0 Å². The Bertz CT molecular complexity index is 341. The summed E-state index contributed by atoms with van der Waals surface area (Å²) in [6.45, 7) is 10.6. The zero-order chi connectivity index (χ0) is 13.5. The summed E-state index contributed by atoms with van der Waals surface area (Å²) in [7, 11) is 0. The summed E-state index contributed by atoms with van der Waals surface area (Å²) < 4.78 is 13.1. The van der Waals surface area contributed by atoms with Crippen molar-refractivity contribution in [3.8, 4) is 0 Å². The molecule has 1 aromatic heterocycles. The molecule has 0 aliphatic carbocycles. The van der Waals surface area contributed by atoms with Gasteiger partial charge >= 0.3 is 0 Å². The molecule has 0 fully saturated rings. The standard InChI is InChI=1S/C14H24FN3/c1-11(2)5-7-18(8-6-12(3)4)14-9-13(15)16-10-17-14/h9-12H,5-8H2,1-4H3. The van der Waals surface area contributed by atoms with Gasteiger partial charge in [0.05, 0.1) is 0 Å². The fourth-order valence-corrected chi connectivity index (χ4v) is 1.67. The molecule has 0 aliphatic heterocycles. The highest BCUT2D eigenvalue weighted by atomic mass is 19.1. The van der Waals surface area contributed by atoms with Gasteiger partial charge in [-0.2, -0.15) is 4.39 Å². The van der Waals surface area contributed by atoms with Crippen molar-refractivity contribution in [3.05, 3.63) is 18.3 Å². The third-order valence-electron chi connectivity index (χ3n) is 2.90. The third-order valence-corrected chi connectivity index (χ3v) is 2.90. The van der Waals surface area contributed by atoms with Crippen LogP contribution in [0.1, 0.15) is 40.5 Å². The van der Waals surface area contributed by atoms with E-state index >= 15 is 0 Å². The Kier molecular flexibility index (Phi) is 6.02. The van der Waals surface area contributed by atoms with E-state index in [1.807, 2.05) is 0 Å². The van der Waals surface area contributed by atoms with Crippen LogP contribution in [0.25, 0.3) is 0 Å². The monoisotopic (exact) mass is 253 g/mol. The molecule has 0 saturated carbocycles. The van der Waals surface area contributed by atoms with Crippen molar-refractivity contribution in [2.45, 2.75) is 40.5 Å². The summed E-state index contributed by atoms with van der Waals surface area (Å²) in [5.74, 6) is 1.51. The molecule has 3 nitrogen and oxygen atoms in total. The minimum atomic E-state index is -0.459. The SMILES string of the molecule is CC(C)CCN(CCC(C)C)c1cc(F)ncn1. The van der Waals surface area contributed by atoms with Crippen molar-refractivity contribution in [1.29, 1.82) is 0 Å². The second-order valence-electron chi connectivity index (χ2n) is 5.55. The summed E-state index contributed by atoms with van der Waals surface area (Å²) in [6.07, 6.45) is 3.47. The van der Waals surface area contributed by atoms with Crippen molar-refractivity contribution in [1.82, 2.24) is 9.97 Å². The van der Waals surface area contributed by atoms with E-state index in [2.05, 4.69) is 42.6 Å². The highest BCUT2D eigenvalue weighted by molar-refractivity contribution is 5.36. The summed E-state index contributed by atoms with van der Waals surface area (Å²) in [5, 5.41) is 0. The number of anilines is 1. The Morgan fingerprint density at radius 2 is 1.61 bits per heavy atom. The molecule has 1 aromatic rings. The van der Waals surface area contributed by atoms with Gasteiger partial charge in [-0.25, -0.2) is 9.97 Å². The first-order valence-electron chi connectivity index (χ1n) is 6.71. The molecule has 4 heteroatoms. The molecule has 0 saturated heterocycles. The summed E-state index contributed by atoms with van der Waals surface area (Å²) in [5.41, 5.74) is 0. The van der Waals surface area contributed by atoms with E-state index in [1.165, 1.54) is 12.4 Å². The second kappa shape index (κ2) is 7.29. The Hall–Kier alpha value is -1.19. The molecule has 0 N–H and O–H groups in total. The zero-order valence-electron chi connectivity index (χ0n) is 11.9. The molecule has 0 atom stereocenters. The van der Waals surface area contributed by atoms with Gasteiger partial charge in [0.15, 0.2) is 0 Å². The Morgan fingerprint density at radius 3 is 2.06 bits per heavy atom. The fraction of sp³-hybridized carbons (Fsp3) is 0.714. The molecular weight excluding hydrogens is 229 g/mol. The van der Waals surface area contributed by atoms with Crippen LogP contribution in [0, 0.1) is 17.8 Å². The first kappa shape index (κ1) is 14.9. The van der Waals surface area contributed by atoms with Crippen LogP contribution in [0.3, 0.4) is 0 Å². The number of halogens is 1. The molecule has 0 aromatic carbocycles. The number of rotatable bonds is 7. The Balaban J connectivity index is 2.69. The van der Waals surface area contributed by atoms with E-state index in [1.54, 1.807) is 0 Å². The largest absolute Gasteiger partial charge is 0.356 e. The normalized spacial score (nSPS) is 11.3. The quantitative estimate of drug-likeness (QED) is 0.696. The minimum absolute atomic E-state index is 0.459. The van der Waals surface area contributed by atoms with E-state index in [0.717, 1.165) is 25.9 Å². The van der Waals surface area contributed by atoms with Gasteiger partial charge in [0.1, 0.15) is 12.1 Å². The number of hydrogen-bond acceptors (Lipinski definition) is 3. The summed E-state index contributed by atoms with van der Waals surface area (Å²) in [6, 6.07) is 1.42. The molecule has 0 unspecified atom stereocenters. The fourth-order valence-electron chi connectivity index (χ4n) is 1.67. The van der Waals surface area contributed by atoms with E-state index in [4.69, 9.17) is 0 Å². The van der Waals surface area contributed by atoms with Crippen molar-refractivity contribution in [2.75, 3.05) is 18.0 Å². The van der Waals surface area contributed by atoms with E-state index in [-0.39, 0.29) is 0 Å². The van der Waals surface area contributed by atoms with Crippen LogP contribution >= 0.6 is 0 Å². The average molecular weight is 253 g/mol. The van der Waals surface area contributed by atoms with Crippen LogP contribution < -0.4 is 4.90 Å². The predicted molar refractivity (Wildman–Crippen MR) is 73.1 cm³/mol. The van der Waals surface area contributed by atoms with E-state index in [9.17, 15) is 4.39 Å². The number of aromatic nitrogens is 2. The lowest BCUT2D eigenvalue weighted by Crippen LogP contribution is -2.28. The molecule has 0 amide bonds. The second-order valence-corrected chi connectivity index (χ2v) is 5.55. The minimum Gasteiger partial charge on any atom is -0.356 e. The van der Waals surface area contributed by atoms with Gasteiger partial charge < -0.3 is 4.90 Å². The van der Waals surface area contributed by atoms with Crippen molar-refractivity contribution in [2.24, 2.45) is 11.8 Å². The van der Waals surface area contributed by atoms with Gasteiger partial charge in [-0.3, -0.25) is 0 Å². The maximum absolute atomic E-state index is 13.1. The van der Waals surface area contributed by atoms with Crippen LogP contribution in [0.2, 0.25) is 0 Å². The van der Waals surface area contributed by atoms with Crippen LogP contribution in [0.5, 0.6) is 0 Å². The third kappa shape index (κ3) is 5.43. The summed E-state index contributed by atoms with van der Waals surface area (Å²) in [4.78, 5) is 9.84. The summed E-state index contributed by atoms with van der Waals surface area (Å²) >= 11 is 0. The predicted octanol–water partition coefficient (Wildman–Crippen LogP) is 3.51. The van der Waals surface area contributed by atoms with Crippen LogP contribution in [-0.4, -0.2) is 23.1 Å². The molecule has 0 aliphatic rings. The molecule has 0 spiro atoms. The van der Waals surface area contributed by atoms with Gasteiger partial charge in [-0.15, -0.1) is 0 Å². The van der Waals surface area contributed by atoms with Gasteiger partial charge in [-0.1, -0.05) is 27.7 Å². The Labute approximate surface area is 109 Å². The highest BCUT2D eigenvalue weighted by Gasteiger charge is 2.10. The van der Waals surface area contributed by atoms with Crippen molar-refractivity contribution >= 4 is 5.82 Å². The van der Waals surface area contributed by atoms with Crippen LogP contribution in [-0.2, 0) is 0 Å². The number of hydrogen-bond donors (Lipinski definition) is 0. The average Bonchev–Trinajstić information content (AvgIpc) is 2.28. The van der Waals surface area contributed by atoms with Crippen LogP contribution in [0.15, 0.2) is 12.4 Å². The molecular formula is C14H24FN3. The number of nitrogens with zero attached hydrogens (tertiary/aromatic N) is 3. The van der Waals surface area contributed by atoms with Gasteiger partial charge in [-0.05, 0) is 24.7 Å². The van der Waals surface area contributed by atoms with E-state index in [0.29, 0.717) is 17.7 Å². The smallest absolute Gasteiger partial charge is 0.218 e. The molecule has 18 heavy (non-hydrogen) atoms. The lowest BCUT2D eigenvalue weighted by Gasteiger charge is -2.25. The molecule has 0 radical (unpaired) electrons. The molecule has 1 rings (SSSR count).